The Morgan fingerprint density at radius 2 is 2.05 bits per heavy atom. The van der Waals surface area contributed by atoms with Crippen LogP contribution in [-0.2, 0) is 11.2 Å². The first-order valence-corrected chi connectivity index (χ1v) is 7.53. The second-order valence-electron chi connectivity index (χ2n) is 4.64. The van der Waals surface area contributed by atoms with Gasteiger partial charge in [0.1, 0.15) is 0 Å². The highest BCUT2D eigenvalue weighted by atomic mass is 35.5. The summed E-state index contributed by atoms with van der Waals surface area (Å²) in [5, 5.41) is 3.49. The van der Waals surface area contributed by atoms with Gasteiger partial charge in [-0.25, -0.2) is 4.98 Å². The van der Waals surface area contributed by atoms with E-state index in [1.54, 1.807) is 0 Å². The largest absolute Gasteiger partial charge is 0.330 e. The fourth-order valence-corrected chi connectivity index (χ4v) is 2.73. The van der Waals surface area contributed by atoms with Gasteiger partial charge in [0.25, 0.3) is 0 Å². The van der Waals surface area contributed by atoms with Crippen LogP contribution in [0.4, 0.5) is 5.13 Å². The molecule has 0 aliphatic heterocycles. The Morgan fingerprint density at radius 3 is 2.62 bits per heavy atom. The SMILES string of the molecule is CCc1sc(NC(=O)C(C)CN)nc1-c1ccccc1.Cl. The number of benzene rings is 1. The summed E-state index contributed by atoms with van der Waals surface area (Å²) in [4.78, 5) is 17.6. The van der Waals surface area contributed by atoms with Crippen LogP contribution in [-0.4, -0.2) is 17.4 Å². The Hall–Kier alpha value is -1.43. The predicted octanol–water partition coefficient (Wildman–Crippen LogP) is 3.33. The number of nitrogens with one attached hydrogen (secondary N) is 1. The molecule has 4 nitrogen and oxygen atoms in total. The van der Waals surface area contributed by atoms with Gasteiger partial charge in [-0.1, -0.05) is 44.2 Å². The molecule has 2 rings (SSSR count). The lowest BCUT2D eigenvalue weighted by molar-refractivity contribution is -0.119. The molecule has 1 heterocycles. The lowest BCUT2D eigenvalue weighted by Gasteiger charge is -2.06. The quantitative estimate of drug-likeness (QED) is 0.886. The number of aryl methyl sites for hydroxylation is 1. The van der Waals surface area contributed by atoms with Crippen LogP contribution in [0.1, 0.15) is 18.7 Å². The molecule has 1 amide bonds. The monoisotopic (exact) mass is 325 g/mol. The molecule has 3 N–H and O–H groups in total. The molecule has 0 radical (unpaired) electrons. The number of anilines is 1. The second-order valence-corrected chi connectivity index (χ2v) is 5.72. The predicted molar refractivity (Wildman–Crippen MR) is 91.0 cm³/mol. The number of nitrogens with two attached hydrogens (primary N) is 1. The van der Waals surface area contributed by atoms with Crippen LogP contribution in [0.25, 0.3) is 11.3 Å². The van der Waals surface area contributed by atoms with Crippen molar-refractivity contribution in [3.05, 3.63) is 35.2 Å². The van der Waals surface area contributed by atoms with Crippen LogP contribution in [0.2, 0.25) is 0 Å². The van der Waals surface area contributed by atoms with Crippen molar-refractivity contribution in [1.82, 2.24) is 4.98 Å². The molecule has 1 aromatic heterocycles. The van der Waals surface area contributed by atoms with E-state index >= 15 is 0 Å². The lowest BCUT2D eigenvalue weighted by Crippen LogP contribution is -2.26. The van der Waals surface area contributed by atoms with Gasteiger partial charge in [-0.3, -0.25) is 4.79 Å². The third-order valence-electron chi connectivity index (χ3n) is 3.10. The van der Waals surface area contributed by atoms with Crippen molar-refractivity contribution < 1.29 is 4.79 Å². The number of amides is 1. The number of hydrogen-bond donors (Lipinski definition) is 2. The first-order valence-electron chi connectivity index (χ1n) is 6.71. The Bertz CT molecular complexity index is 586. The third-order valence-corrected chi connectivity index (χ3v) is 4.21. The number of rotatable bonds is 5. The molecule has 0 aliphatic rings. The number of halogens is 1. The Morgan fingerprint density at radius 1 is 1.38 bits per heavy atom. The van der Waals surface area contributed by atoms with Crippen molar-refractivity contribution in [3.63, 3.8) is 0 Å². The summed E-state index contributed by atoms with van der Waals surface area (Å²) < 4.78 is 0. The Kier molecular flexibility index (Phi) is 6.81. The molecule has 2 aromatic rings. The maximum absolute atomic E-state index is 11.9. The fraction of sp³-hybridized carbons (Fsp3) is 0.333. The molecule has 0 saturated carbocycles. The minimum Gasteiger partial charge on any atom is -0.330 e. The number of aromatic nitrogens is 1. The van der Waals surface area contributed by atoms with Crippen molar-refractivity contribution in [2.75, 3.05) is 11.9 Å². The molecular formula is C15H20ClN3OS. The van der Waals surface area contributed by atoms with Crippen molar-refractivity contribution in [3.8, 4) is 11.3 Å². The van der Waals surface area contributed by atoms with Crippen LogP contribution in [0.3, 0.4) is 0 Å². The maximum atomic E-state index is 11.9. The lowest BCUT2D eigenvalue weighted by atomic mass is 10.1. The van der Waals surface area contributed by atoms with E-state index in [0.717, 1.165) is 17.7 Å². The van der Waals surface area contributed by atoms with Crippen LogP contribution >= 0.6 is 23.7 Å². The summed E-state index contributed by atoms with van der Waals surface area (Å²) in [7, 11) is 0. The summed E-state index contributed by atoms with van der Waals surface area (Å²) in [6.45, 7) is 4.24. The Labute approximate surface area is 135 Å². The fourth-order valence-electron chi connectivity index (χ4n) is 1.80. The van der Waals surface area contributed by atoms with Gasteiger partial charge in [0.15, 0.2) is 5.13 Å². The molecular weight excluding hydrogens is 306 g/mol. The highest BCUT2D eigenvalue weighted by Gasteiger charge is 2.16. The molecule has 0 fully saturated rings. The van der Waals surface area contributed by atoms with E-state index in [-0.39, 0.29) is 24.2 Å². The van der Waals surface area contributed by atoms with E-state index in [2.05, 4.69) is 17.2 Å². The molecule has 1 aromatic carbocycles. The van der Waals surface area contributed by atoms with E-state index < -0.39 is 0 Å². The van der Waals surface area contributed by atoms with Crippen molar-refractivity contribution >= 4 is 34.8 Å². The van der Waals surface area contributed by atoms with Gasteiger partial charge < -0.3 is 11.1 Å². The van der Waals surface area contributed by atoms with Crippen LogP contribution < -0.4 is 11.1 Å². The van der Waals surface area contributed by atoms with Gasteiger partial charge in [0.05, 0.1) is 5.69 Å². The first kappa shape index (κ1) is 17.6. The average Bonchev–Trinajstić information content (AvgIpc) is 2.90. The summed E-state index contributed by atoms with van der Waals surface area (Å²) in [6, 6.07) is 10.0. The topological polar surface area (TPSA) is 68.0 Å². The molecule has 21 heavy (non-hydrogen) atoms. The standard InChI is InChI=1S/C15H19N3OS.ClH/c1-3-12-13(11-7-5-4-6-8-11)17-15(20-12)18-14(19)10(2)9-16;/h4-8,10H,3,9,16H2,1-2H3,(H,17,18,19);1H. The second kappa shape index (κ2) is 8.12. The first-order chi connectivity index (χ1) is 9.65. The highest BCUT2D eigenvalue weighted by Crippen LogP contribution is 2.31. The average molecular weight is 326 g/mol. The highest BCUT2D eigenvalue weighted by molar-refractivity contribution is 7.16. The molecule has 0 spiro atoms. The summed E-state index contributed by atoms with van der Waals surface area (Å²) >= 11 is 1.53. The molecule has 1 atom stereocenters. The maximum Gasteiger partial charge on any atom is 0.230 e. The molecule has 114 valence electrons. The number of carbonyl (C=O) groups excluding carboxylic acids is 1. The van der Waals surface area contributed by atoms with E-state index in [1.165, 1.54) is 16.2 Å². The normalized spacial score (nSPS) is 11.6. The van der Waals surface area contributed by atoms with Gasteiger partial charge >= 0.3 is 0 Å². The summed E-state index contributed by atoms with van der Waals surface area (Å²) in [6.07, 6.45) is 0.893. The van der Waals surface area contributed by atoms with Gasteiger partial charge in [-0.15, -0.1) is 23.7 Å². The minimum atomic E-state index is -0.204. The zero-order chi connectivity index (χ0) is 14.5. The minimum absolute atomic E-state index is 0. The van der Waals surface area contributed by atoms with Crippen LogP contribution in [0, 0.1) is 5.92 Å². The van der Waals surface area contributed by atoms with Gasteiger partial charge in [-0.05, 0) is 6.42 Å². The Balaban J connectivity index is 0.00000220. The molecule has 6 heteroatoms. The smallest absolute Gasteiger partial charge is 0.230 e. The van der Waals surface area contributed by atoms with E-state index in [4.69, 9.17) is 5.73 Å². The number of nitrogens with zero attached hydrogens (tertiary/aromatic N) is 1. The number of thiazole rings is 1. The van der Waals surface area contributed by atoms with Gasteiger partial charge in [0.2, 0.25) is 5.91 Å². The van der Waals surface area contributed by atoms with Crippen molar-refractivity contribution in [2.24, 2.45) is 11.7 Å². The number of carbonyl (C=O) groups is 1. The third kappa shape index (κ3) is 4.27. The van der Waals surface area contributed by atoms with Gasteiger partial charge in [-0.2, -0.15) is 0 Å². The van der Waals surface area contributed by atoms with Crippen molar-refractivity contribution in [2.45, 2.75) is 20.3 Å². The van der Waals surface area contributed by atoms with E-state index in [9.17, 15) is 4.79 Å². The molecule has 0 aliphatic carbocycles. The van der Waals surface area contributed by atoms with Crippen LogP contribution in [0.15, 0.2) is 30.3 Å². The zero-order valence-corrected chi connectivity index (χ0v) is 13.8. The zero-order valence-electron chi connectivity index (χ0n) is 12.1. The van der Waals surface area contributed by atoms with Crippen molar-refractivity contribution in [1.29, 1.82) is 0 Å². The van der Waals surface area contributed by atoms with E-state index in [1.807, 2.05) is 37.3 Å². The molecule has 0 bridgehead atoms. The summed E-state index contributed by atoms with van der Waals surface area (Å²) in [5.74, 6) is -0.285. The van der Waals surface area contributed by atoms with Gasteiger partial charge in [0, 0.05) is 22.9 Å². The molecule has 1 unspecified atom stereocenters. The summed E-state index contributed by atoms with van der Waals surface area (Å²) in [5.41, 5.74) is 7.53. The molecule has 0 saturated heterocycles. The number of hydrogen-bond acceptors (Lipinski definition) is 4. The van der Waals surface area contributed by atoms with Crippen LogP contribution in [0.5, 0.6) is 0 Å². The van der Waals surface area contributed by atoms with E-state index in [0.29, 0.717) is 11.7 Å².